The summed E-state index contributed by atoms with van der Waals surface area (Å²) in [4.78, 5) is 13.1. The maximum absolute atomic E-state index is 11.9. The molecule has 0 atom stereocenters. The third-order valence-electron chi connectivity index (χ3n) is 3.22. The minimum Gasteiger partial charge on any atom is -0.357 e. The van der Waals surface area contributed by atoms with Crippen LogP contribution >= 0.6 is 23.6 Å². The molecule has 1 fully saturated rings. The first-order chi connectivity index (χ1) is 8.75. The number of amides is 1. The topological polar surface area (TPSA) is 41.1 Å². The van der Waals surface area contributed by atoms with E-state index in [0.29, 0.717) is 11.7 Å². The Labute approximate surface area is 117 Å². The zero-order chi connectivity index (χ0) is 12.8. The van der Waals surface area contributed by atoms with Crippen LogP contribution in [0.3, 0.4) is 0 Å². The molecule has 0 unspecified atom stereocenters. The molecule has 0 saturated heterocycles. The van der Waals surface area contributed by atoms with Gasteiger partial charge in [0.15, 0.2) is 5.11 Å². The first-order valence-corrected chi connectivity index (χ1v) is 7.65. The number of nitrogens with one attached hydrogen (secondary N) is 2. The number of carbonyl (C=O) groups excluding carboxylic acids is 1. The van der Waals surface area contributed by atoms with Crippen LogP contribution in [0.2, 0.25) is 0 Å². The lowest BCUT2D eigenvalue weighted by Crippen LogP contribution is -2.42. The van der Waals surface area contributed by atoms with Gasteiger partial charge in [-0.25, -0.2) is 0 Å². The molecule has 0 aliphatic heterocycles. The zero-order valence-corrected chi connectivity index (χ0v) is 11.9. The first-order valence-electron chi connectivity index (χ1n) is 6.37. The fourth-order valence-corrected chi connectivity index (χ4v) is 3.02. The number of hydrogen-bond acceptors (Lipinski definition) is 3. The zero-order valence-electron chi connectivity index (χ0n) is 10.3. The fourth-order valence-electron chi connectivity index (χ4n) is 2.20. The van der Waals surface area contributed by atoms with E-state index in [-0.39, 0.29) is 11.8 Å². The highest BCUT2D eigenvalue weighted by atomic mass is 32.1. The van der Waals surface area contributed by atoms with Crippen molar-refractivity contribution in [3.63, 3.8) is 0 Å². The van der Waals surface area contributed by atoms with Crippen LogP contribution in [-0.2, 0) is 11.3 Å². The second-order valence-corrected chi connectivity index (χ2v) is 6.03. The van der Waals surface area contributed by atoms with Gasteiger partial charge in [-0.3, -0.25) is 4.79 Å². The molecule has 1 aromatic rings. The molecule has 0 radical (unpaired) electrons. The van der Waals surface area contributed by atoms with Gasteiger partial charge in [0.1, 0.15) is 0 Å². The Morgan fingerprint density at radius 3 is 2.83 bits per heavy atom. The van der Waals surface area contributed by atoms with Gasteiger partial charge < -0.3 is 10.6 Å². The number of thiophene rings is 1. The Balaban J connectivity index is 1.71. The monoisotopic (exact) mass is 282 g/mol. The molecule has 1 aliphatic rings. The molecule has 5 heteroatoms. The van der Waals surface area contributed by atoms with Gasteiger partial charge in [-0.05, 0) is 36.5 Å². The van der Waals surface area contributed by atoms with Crippen LogP contribution in [0.4, 0.5) is 0 Å². The predicted molar refractivity (Wildman–Crippen MR) is 78.5 cm³/mol. The SMILES string of the molecule is O=C(NC(=S)NCc1cccs1)C1CCCCC1. The predicted octanol–water partition coefficient (Wildman–Crippen LogP) is 2.82. The second-order valence-electron chi connectivity index (χ2n) is 4.59. The number of hydrogen-bond donors (Lipinski definition) is 2. The standard InChI is InChI=1S/C13H18N2OS2/c16-12(10-5-2-1-3-6-10)15-13(17)14-9-11-7-4-8-18-11/h4,7-8,10H,1-3,5-6,9H2,(H2,14,15,16,17). The smallest absolute Gasteiger partial charge is 0.229 e. The van der Waals surface area contributed by atoms with Crippen LogP contribution in [0, 0.1) is 5.92 Å². The summed E-state index contributed by atoms with van der Waals surface area (Å²) in [5.74, 6) is 0.235. The van der Waals surface area contributed by atoms with E-state index in [4.69, 9.17) is 12.2 Å². The van der Waals surface area contributed by atoms with Crippen LogP contribution in [0.1, 0.15) is 37.0 Å². The van der Waals surface area contributed by atoms with Crippen molar-refractivity contribution in [1.82, 2.24) is 10.6 Å². The molecule has 0 bridgehead atoms. The second kappa shape index (κ2) is 6.85. The molecule has 1 heterocycles. The number of carbonyl (C=O) groups is 1. The molecule has 3 nitrogen and oxygen atoms in total. The lowest BCUT2D eigenvalue weighted by atomic mass is 9.89. The molecule has 1 aromatic heterocycles. The van der Waals surface area contributed by atoms with Gasteiger partial charge in [-0.15, -0.1) is 11.3 Å². The van der Waals surface area contributed by atoms with Crippen molar-refractivity contribution in [2.24, 2.45) is 5.92 Å². The molecule has 1 amide bonds. The molecular weight excluding hydrogens is 264 g/mol. The largest absolute Gasteiger partial charge is 0.357 e. The summed E-state index contributed by atoms with van der Waals surface area (Å²) in [6.45, 7) is 0.682. The third kappa shape index (κ3) is 4.07. The van der Waals surface area contributed by atoms with Crippen molar-refractivity contribution in [3.05, 3.63) is 22.4 Å². The summed E-state index contributed by atoms with van der Waals surface area (Å²) in [5.41, 5.74) is 0. The molecule has 18 heavy (non-hydrogen) atoms. The molecule has 2 N–H and O–H groups in total. The lowest BCUT2D eigenvalue weighted by Gasteiger charge is -2.21. The van der Waals surface area contributed by atoms with Crippen LogP contribution in [0.25, 0.3) is 0 Å². The van der Waals surface area contributed by atoms with E-state index in [1.54, 1.807) is 11.3 Å². The van der Waals surface area contributed by atoms with E-state index < -0.39 is 0 Å². The van der Waals surface area contributed by atoms with Crippen molar-refractivity contribution in [3.8, 4) is 0 Å². The quantitative estimate of drug-likeness (QED) is 0.838. The first kappa shape index (κ1) is 13.5. The average Bonchev–Trinajstić information content (AvgIpc) is 2.90. The minimum absolute atomic E-state index is 0.0818. The lowest BCUT2D eigenvalue weighted by molar-refractivity contribution is -0.124. The van der Waals surface area contributed by atoms with Crippen molar-refractivity contribution in [2.45, 2.75) is 38.6 Å². The third-order valence-corrected chi connectivity index (χ3v) is 4.34. The highest BCUT2D eigenvalue weighted by molar-refractivity contribution is 7.80. The van der Waals surface area contributed by atoms with Crippen molar-refractivity contribution >= 4 is 34.6 Å². The average molecular weight is 282 g/mol. The van der Waals surface area contributed by atoms with E-state index in [1.165, 1.54) is 11.3 Å². The van der Waals surface area contributed by atoms with E-state index in [1.807, 2.05) is 17.5 Å². The fraction of sp³-hybridized carbons (Fsp3) is 0.538. The van der Waals surface area contributed by atoms with Crippen LogP contribution in [-0.4, -0.2) is 11.0 Å². The van der Waals surface area contributed by atoms with Gasteiger partial charge in [0.25, 0.3) is 0 Å². The molecule has 98 valence electrons. The van der Waals surface area contributed by atoms with E-state index in [9.17, 15) is 4.79 Å². The van der Waals surface area contributed by atoms with Gasteiger partial charge in [-0.1, -0.05) is 25.3 Å². The Hall–Kier alpha value is -0.940. The molecule has 1 saturated carbocycles. The van der Waals surface area contributed by atoms with E-state index in [2.05, 4.69) is 10.6 Å². The summed E-state index contributed by atoms with van der Waals surface area (Å²) in [5, 5.41) is 8.33. The molecule has 0 spiro atoms. The Bertz CT molecular complexity index is 397. The number of rotatable bonds is 3. The maximum Gasteiger partial charge on any atom is 0.229 e. The highest BCUT2D eigenvalue weighted by Crippen LogP contribution is 2.23. The summed E-state index contributed by atoms with van der Waals surface area (Å²) >= 11 is 6.81. The van der Waals surface area contributed by atoms with E-state index >= 15 is 0 Å². The van der Waals surface area contributed by atoms with Gasteiger partial charge >= 0.3 is 0 Å². The van der Waals surface area contributed by atoms with Crippen LogP contribution in [0.15, 0.2) is 17.5 Å². The number of thiocarbonyl (C=S) groups is 1. The van der Waals surface area contributed by atoms with Gasteiger partial charge in [0.05, 0.1) is 6.54 Å². The van der Waals surface area contributed by atoms with Crippen molar-refractivity contribution < 1.29 is 4.79 Å². The molecule has 1 aliphatic carbocycles. The highest BCUT2D eigenvalue weighted by Gasteiger charge is 2.21. The van der Waals surface area contributed by atoms with Crippen LogP contribution in [0.5, 0.6) is 0 Å². The Morgan fingerprint density at radius 1 is 1.39 bits per heavy atom. The molecule has 2 rings (SSSR count). The van der Waals surface area contributed by atoms with Crippen molar-refractivity contribution in [2.75, 3.05) is 0 Å². The van der Waals surface area contributed by atoms with Gasteiger partial charge in [-0.2, -0.15) is 0 Å². The summed E-state index contributed by atoms with van der Waals surface area (Å²) in [6.07, 6.45) is 5.57. The molecule has 0 aromatic carbocycles. The summed E-state index contributed by atoms with van der Waals surface area (Å²) in [7, 11) is 0. The molecular formula is C13H18N2OS2. The van der Waals surface area contributed by atoms with Gasteiger partial charge in [0, 0.05) is 10.8 Å². The van der Waals surface area contributed by atoms with E-state index in [0.717, 1.165) is 25.7 Å². The Morgan fingerprint density at radius 2 is 2.17 bits per heavy atom. The summed E-state index contributed by atoms with van der Waals surface area (Å²) < 4.78 is 0. The van der Waals surface area contributed by atoms with Crippen LogP contribution < -0.4 is 10.6 Å². The minimum atomic E-state index is 0.0818. The van der Waals surface area contributed by atoms with Gasteiger partial charge in [0.2, 0.25) is 5.91 Å². The van der Waals surface area contributed by atoms with Crippen molar-refractivity contribution in [1.29, 1.82) is 0 Å². The Kier molecular flexibility index (Phi) is 5.13. The normalized spacial score (nSPS) is 16.2. The summed E-state index contributed by atoms with van der Waals surface area (Å²) in [6, 6.07) is 4.05. The maximum atomic E-state index is 11.9.